The molecule has 14 heavy (non-hydrogen) atoms. The van der Waals surface area contributed by atoms with Crippen molar-refractivity contribution in [1.82, 2.24) is 9.78 Å². The van der Waals surface area contributed by atoms with Crippen LogP contribution in [0.25, 0.3) is 0 Å². The van der Waals surface area contributed by atoms with E-state index in [1.165, 1.54) is 18.4 Å². The summed E-state index contributed by atoms with van der Waals surface area (Å²) in [6.45, 7) is 3.59. The molecule has 4 heteroatoms. The molecule has 0 aliphatic heterocycles. The SMILES string of the molecule is Cc1cnn(CCN=C(N)C2CC2)c1. The van der Waals surface area contributed by atoms with Gasteiger partial charge in [-0.15, -0.1) is 0 Å². The van der Waals surface area contributed by atoms with Gasteiger partial charge in [0.15, 0.2) is 0 Å². The second kappa shape index (κ2) is 3.82. The number of nitrogens with two attached hydrogens (primary N) is 1. The molecule has 1 fully saturated rings. The van der Waals surface area contributed by atoms with Crippen molar-refractivity contribution in [2.24, 2.45) is 16.6 Å². The molecule has 1 saturated carbocycles. The number of nitrogens with zero attached hydrogens (tertiary/aromatic N) is 3. The highest BCUT2D eigenvalue weighted by molar-refractivity contribution is 5.84. The fourth-order valence-corrected chi connectivity index (χ4v) is 1.38. The molecule has 0 atom stereocenters. The molecule has 0 amide bonds. The number of aliphatic imine (C=N–C) groups is 1. The third kappa shape index (κ3) is 2.34. The van der Waals surface area contributed by atoms with E-state index in [2.05, 4.69) is 10.1 Å². The number of hydrogen-bond donors (Lipinski definition) is 1. The molecule has 1 aliphatic rings. The minimum absolute atomic E-state index is 0.578. The van der Waals surface area contributed by atoms with E-state index in [0.717, 1.165) is 18.9 Å². The van der Waals surface area contributed by atoms with Crippen LogP contribution >= 0.6 is 0 Å². The molecule has 0 bridgehead atoms. The van der Waals surface area contributed by atoms with Gasteiger partial charge in [0.05, 0.1) is 25.1 Å². The zero-order chi connectivity index (χ0) is 9.97. The Kier molecular flexibility index (Phi) is 2.52. The zero-order valence-corrected chi connectivity index (χ0v) is 8.48. The van der Waals surface area contributed by atoms with E-state index in [0.29, 0.717) is 5.92 Å². The summed E-state index contributed by atoms with van der Waals surface area (Å²) in [4.78, 5) is 4.32. The predicted octanol–water partition coefficient (Wildman–Crippen LogP) is 0.959. The lowest BCUT2D eigenvalue weighted by atomic mass is 10.4. The number of hydrogen-bond acceptors (Lipinski definition) is 2. The second-order valence-electron chi connectivity index (χ2n) is 3.86. The predicted molar refractivity (Wildman–Crippen MR) is 56.2 cm³/mol. The first kappa shape index (κ1) is 9.24. The molecule has 1 aliphatic carbocycles. The Labute approximate surface area is 83.8 Å². The monoisotopic (exact) mass is 192 g/mol. The average molecular weight is 192 g/mol. The van der Waals surface area contributed by atoms with Crippen molar-refractivity contribution in [1.29, 1.82) is 0 Å². The van der Waals surface area contributed by atoms with E-state index in [1.807, 2.05) is 24.0 Å². The summed E-state index contributed by atoms with van der Waals surface area (Å²) < 4.78 is 1.90. The van der Waals surface area contributed by atoms with Gasteiger partial charge in [0.1, 0.15) is 0 Å². The van der Waals surface area contributed by atoms with Crippen LogP contribution in [0.5, 0.6) is 0 Å². The molecule has 1 heterocycles. The highest BCUT2D eigenvalue weighted by Crippen LogP contribution is 2.28. The van der Waals surface area contributed by atoms with E-state index < -0.39 is 0 Å². The number of aryl methyl sites for hydroxylation is 1. The minimum atomic E-state index is 0.578. The molecule has 1 aromatic heterocycles. The van der Waals surface area contributed by atoms with Crippen LogP contribution in [0.15, 0.2) is 17.4 Å². The summed E-state index contributed by atoms with van der Waals surface area (Å²) >= 11 is 0. The summed E-state index contributed by atoms with van der Waals surface area (Å²) in [5.41, 5.74) is 6.95. The van der Waals surface area contributed by atoms with Gasteiger partial charge < -0.3 is 5.73 Å². The standard InChI is InChI=1S/C10H16N4/c1-8-6-13-14(7-8)5-4-12-10(11)9-2-3-9/h6-7,9H,2-5H2,1H3,(H2,11,12). The van der Waals surface area contributed by atoms with E-state index in [9.17, 15) is 0 Å². The van der Waals surface area contributed by atoms with Gasteiger partial charge in [-0.3, -0.25) is 9.67 Å². The Morgan fingerprint density at radius 3 is 3.07 bits per heavy atom. The summed E-state index contributed by atoms with van der Waals surface area (Å²) in [6.07, 6.45) is 6.31. The molecule has 0 radical (unpaired) electrons. The normalized spacial score (nSPS) is 17.4. The molecule has 4 nitrogen and oxygen atoms in total. The largest absolute Gasteiger partial charge is 0.387 e. The van der Waals surface area contributed by atoms with Gasteiger partial charge in [-0.1, -0.05) is 0 Å². The molecule has 0 unspecified atom stereocenters. The summed E-state index contributed by atoms with van der Waals surface area (Å²) in [5, 5.41) is 4.18. The number of amidine groups is 1. The molecule has 1 aromatic rings. The maximum atomic E-state index is 5.77. The van der Waals surface area contributed by atoms with Crippen LogP contribution in [0.4, 0.5) is 0 Å². The quantitative estimate of drug-likeness (QED) is 0.570. The molecular formula is C10H16N4. The van der Waals surface area contributed by atoms with Crippen molar-refractivity contribution in [3.05, 3.63) is 18.0 Å². The highest BCUT2D eigenvalue weighted by atomic mass is 15.3. The van der Waals surface area contributed by atoms with Gasteiger partial charge in [-0.2, -0.15) is 5.10 Å². The third-order valence-electron chi connectivity index (χ3n) is 2.38. The van der Waals surface area contributed by atoms with Crippen molar-refractivity contribution in [3.63, 3.8) is 0 Å². The first-order valence-electron chi connectivity index (χ1n) is 5.04. The lowest BCUT2D eigenvalue weighted by Gasteiger charge is -1.99. The Bertz CT molecular complexity index is 336. The fourth-order valence-electron chi connectivity index (χ4n) is 1.38. The van der Waals surface area contributed by atoms with Crippen molar-refractivity contribution >= 4 is 5.84 Å². The van der Waals surface area contributed by atoms with Crippen molar-refractivity contribution in [3.8, 4) is 0 Å². The van der Waals surface area contributed by atoms with Crippen molar-refractivity contribution < 1.29 is 0 Å². The highest BCUT2D eigenvalue weighted by Gasteiger charge is 2.24. The molecule has 2 N–H and O–H groups in total. The van der Waals surface area contributed by atoms with Crippen LogP contribution in [0.2, 0.25) is 0 Å². The van der Waals surface area contributed by atoms with Gasteiger partial charge in [0.2, 0.25) is 0 Å². The van der Waals surface area contributed by atoms with E-state index >= 15 is 0 Å². The lowest BCUT2D eigenvalue weighted by molar-refractivity contribution is 0.624. The summed E-state index contributed by atoms with van der Waals surface area (Å²) in [5.74, 6) is 1.41. The minimum Gasteiger partial charge on any atom is -0.387 e. The fraction of sp³-hybridized carbons (Fsp3) is 0.600. The number of aromatic nitrogens is 2. The third-order valence-corrected chi connectivity index (χ3v) is 2.38. The van der Waals surface area contributed by atoms with Gasteiger partial charge >= 0.3 is 0 Å². The maximum Gasteiger partial charge on any atom is 0.0969 e. The van der Waals surface area contributed by atoms with E-state index in [4.69, 9.17) is 5.73 Å². The van der Waals surface area contributed by atoms with E-state index in [-0.39, 0.29) is 0 Å². The molecule has 0 spiro atoms. The first-order chi connectivity index (χ1) is 6.75. The van der Waals surface area contributed by atoms with Crippen LogP contribution in [-0.4, -0.2) is 22.2 Å². The maximum absolute atomic E-state index is 5.77. The Morgan fingerprint density at radius 2 is 2.50 bits per heavy atom. The van der Waals surface area contributed by atoms with Gasteiger partial charge in [-0.05, 0) is 25.3 Å². The van der Waals surface area contributed by atoms with Crippen LogP contribution < -0.4 is 5.73 Å². The van der Waals surface area contributed by atoms with Crippen LogP contribution in [-0.2, 0) is 6.54 Å². The number of rotatable bonds is 4. The van der Waals surface area contributed by atoms with Crippen LogP contribution in [0.1, 0.15) is 18.4 Å². The smallest absolute Gasteiger partial charge is 0.0969 e. The molecular weight excluding hydrogens is 176 g/mol. The molecule has 76 valence electrons. The van der Waals surface area contributed by atoms with Crippen LogP contribution in [0, 0.1) is 12.8 Å². The van der Waals surface area contributed by atoms with Crippen LogP contribution in [0.3, 0.4) is 0 Å². The van der Waals surface area contributed by atoms with Crippen molar-refractivity contribution in [2.45, 2.75) is 26.3 Å². The Morgan fingerprint density at radius 1 is 1.71 bits per heavy atom. The zero-order valence-electron chi connectivity index (χ0n) is 8.48. The summed E-state index contributed by atoms with van der Waals surface area (Å²) in [7, 11) is 0. The van der Waals surface area contributed by atoms with Gasteiger partial charge in [0, 0.05) is 12.1 Å². The molecule has 0 saturated heterocycles. The van der Waals surface area contributed by atoms with Gasteiger partial charge in [-0.25, -0.2) is 0 Å². The second-order valence-corrected chi connectivity index (χ2v) is 3.86. The summed E-state index contributed by atoms with van der Waals surface area (Å²) in [6, 6.07) is 0. The van der Waals surface area contributed by atoms with Crippen molar-refractivity contribution in [2.75, 3.05) is 6.54 Å². The molecule has 0 aromatic carbocycles. The average Bonchev–Trinajstić information content (AvgIpc) is 2.92. The lowest BCUT2D eigenvalue weighted by Crippen LogP contribution is -2.15. The topological polar surface area (TPSA) is 56.2 Å². The Balaban J connectivity index is 1.79. The Hall–Kier alpha value is -1.32. The molecule has 2 rings (SSSR count). The first-order valence-corrected chi connectivity index (χ1v) is 5.04. The van der Waals surface area contributed by atoms with Gasteiger partial charge in [0.25, 0.3) is 0 Å². The van der Waals surface area contributed by atoms with E-state index in [1.54, 1.807) is 0 Å².